The zero-order chi connectivity index (χ0) is 12.6. The van der Waals surface area contributed by atoms with Crippen molar-refractivity contribution in [2.24, 2.45) is 5.41 Å². The van der Waals surface area contributed by atoms with Gasteiger partial charge in [0.2, 0.25) is 0 Å². The molecule has 0 bridgehead atoms. The van der Waals surface area contributed by atoms with Gasteiger partial charge in [0.1, 0.15) is 0 Å². The first-order valence-electron chi connectivity index (χ1n) is 6.03. The molecule has 0 saturated carbocycles. The first kappa shape index (κ1) is 12.7. The predicted octanol–water partition coefficient (Wildman–Crippen LogP) is 3.12. The fourth-order valence-corrected chi connectivity index (χ4v) is 2.85. The van der Waals surface area contributed by atoms with Gasteiger partial charge in [-0.1, -0.05) is 31.5 Å². The third-order valence-electron chi connectivity index (χ3n) is 3.22. The Hall–Kier alpha value is -0.800. The van der Waals surface area contributed by atoms with Crippen molar-refractivity contribution in [3.63, 3.8) is 0 Å². The molecule has 0 saturated heterocycles. The van der Waals surface area contributed by atoms with Crippen molar-refractivity contribution in [2.45, 2.75) is 46.3 Å². The molecule has 0 amide bonds. The van der Waals surface area contributed by atoms with Gasteiger partial charge in [-0.15, -0.1) is 0 Å². The van der Waals surface area contributed by atoms with Crippen LogP contribution in [0.3, 0.4) is 0 Å². The second-order valence-electron chi connectivity index (χ2n) is 5.46. The predicted molar refractivity (Wildman–Crippen MR) is 69.9 cm³/mol. The number of aliphatic hydroxyl groups is 1. The molecule has 2 rings (SSSR count). The Morgan fingerprint density at radius 1 is 1.59 bits per heavy atom. The van der Waals surface area contributed by atoms with E-state index in [-0.39, 0.29) is 11.5 Å². The van der Waals surface area contributed by atoms with E-state index >= 15 is 0 Å². The lowest BCUT2D eigenvalue weighted by Crippen LogP contribution is -2.25. The van der Waals surface area contributed by atoms with Crippen LogP contribution in [0.15, 0.2) is 12.3 Å². The van der Waals surface area contributed by atoms with Gasteiger partial charge in [0.25, 0.3) is 0 Å². The molecule has 0 aromatic carbocycles. The molecule has 1 N–H and O–H groups in total. The van der Waals surface area contributed by atoms with Gasteiger partial charge in [-0.2, -0.15) is 5.10 Å². The summed E-state index contributed by atoms with van der Waals surface area (Å²) in [6.45, 7) is 7.17. The van der Waals surface area contributed by atoms with E-state index in [9.17, 15) is 5.11 Å². The molecule has 4 heteroatoms. The Morgan fingerprint density at radius 3 is 2.88 bits per heavy atom. The first-order valence-corrected chi connectivity index (χ1v) is 6.41. The summed E-state index contributed by atoms with van der Waals surface area (Å²) in [6.07, 6.45) is 4.93. The summed E-state index contributed by atoms with van der Waals surface area (Å²) < 4.78 is 1.89. The lowest BCUT2D eigenvalue weighted by atomic mass is 9.75. The number of allylic oxidation sites excluding steroid dienone is 1. The van der Waals surface area contributed by atoms with Crippen LogP contribution in [0.25, 0.3) is 5.57 Å². The highest BCUT2D eigenvalue weighted by Crippen LogP contribution is 2.41. The molecule has 1 atom stereocenters. The summed E-state index contributed by atoms with van der Waals surface area (Å²) >= 11 is 6.19. The van der Waals surface area contributed by atoms with Gasteiger partial charge in [0.05, 0.1) is 23.0 Å². The summed E-state index contributed by atoms with van der Waals surface area (Å²) in [5, 5.41) is 14.8. The standard InChI is InChI=1S/C13H19ClN2O/c1-4-16-12(11(14)8-15-16)9-5-10(17)7-13(2,3)6-9/h5,8,10,17H,4,6-7H2,1-3H3. The van der Waals surface area contributed by atoms with E-state index in [0.29, 0.717) is 5.02 Å². The van der Waals surface area contributed by atoms with Crippen LogP contribution < -0.4 is 0 Å². The van der Waals surface area contributed by atoms with Crippen LogP contribution >= 0.6 is 11.6 Å². The Balaban J connectivity index is 2.42. The van der Waals surface area contributed by atoms with Crippen molar-refractivity contribution < 1.29 is 5.11 Å². The van der Waals surface area contributed by atoms with Crippen molar-refractivity contribution in [2.75, 3.05) is 0 Å². The highest BCUT2D eigenvalue weighted by molar-refractivity contribution is 6.32. The van der Waals surface area contributed by atoms with Crippen molar-refractivity contribution in [1.29, 1.82) is 0 Å². The molecule has 0 aliphatic heterocycles. The SMILES string of the molecule is CCn1ncc(Cl)c1C1=CC(O)CC(C)(C)C1. The van der Waals surface area contributed by atoms with Crippen molar-refractivity contribution in [1.82, 2.24) is 9.78 Å². The zero-order valence-electron chi connectivity index (χ0n) is 10.6. The van der Waals surface area contributed by atoms with Gasteiger partial charge in [-0.05, 0) is 30.8 Å². The van der Waals surface area contributed by atoms with Crippen molar-refractivity contribution >= 4 is 17.2 Å². The number of rotatable bonds is 2. The smallest absolute Gasteiger partial charge is 0.0862 e. The van der Waals surface area contributed by atoms with Crippen LogP contribution in [-0.4, -0.2) is 21.0 Å². The maximum absolute atomic E-state index is 9.92. The van der Waals surface area contributed by atoms with Gasteiger partial charge in [0.15, 0.2) is 0 Å². The fraction of sp³-hybridized carbons (Fsp3) is 0.615. The molecule has 0 radical (unpaired) electrons. The van der Waals surface area contributed by atoms with Crippen LogP contribution in [0.2, 0.25) is 5.02 Å². The Labute approximate surface area is 107 Å². The summed E-state index contributed by atoms with van der Waals surface area (Å²) in [5.41, 5.74) is 2.18. The minimum absolute atomic E-state index is 0.107. The largest absolute Gasteiger partial charge is 0.389 e. The number of aryl methyl sites for hydroxylation is 1. The van der Waals surface area contributed by atoms with E-state index in [2.05, 4.69) is 18.9 Å². The van der Waals surface area contributed by atoms with Crippen LogP contribution in [0.4, 0.5) is 0 Å². The quantitative estimate of drug-likeness (QED) is 0.881. The lowest BCUT2D eigenvalue weighted by Gasteiger charge is -2.32. The second kappa shape index (κ2) is 4.46. The van der Waals surface area contributed by atoms with Crippen molar-refractivity contribution in [3.05, 3.63) is 23.0 Å². The average molecular weight is 255 g/mol. The lowest BCUT2D eigenvalue weighted by molar-refractivity contribution is 0.146. The molecule has 1 aliphatic carbocycles. The number of halogens is 1. The van der Waals surface area contributed by atoms with Gasteiger partial charge in [0, 0.05) is 6.54 Å². The molecule has 17 heavy (non-hydrogen) atoms. The van der Waals surface area contributed by atoms with Crippen LogP contribution in [0, 0.1) is 5.41 Å². The molecular formula is C13H19ClN2O. The summed E-state index contributed by atoms with van der Waals surface area (Å²) in [4.78, 5) is 0. The highest BCUT2D eigenvalue weighted by atomic mass is 35.5. The Bertz CT molecular complexity index is 448. The summed E-state index contributed by atoms with van der Waals surface area (Å²) in [7, 11) is 0. The average Bonchev–Trinajstić information content (AvgIpc) is 2.56. The number of aliphatic hydroxyl groups excluding tert-OH is 1. The third kappa shape index (κ3) is 2.55. The molecule has 0 spiro atoms. The molecule has 94 valence electrons. The third-order valence-corrected chi connectivity index (χ3v) is 3.50. The summed E-state index contributed by atoms with van der Waals surface area (Å²) in [5.74, 6) is 0. The molecule has 1 aliphatic rings. The number of aromatic nitrogens is 2. The molecule has 1 aromatic rings. The van der Waals surface area contributed by atoms with Gasteiger partial charge in [-0.3, -0.25) is 4.68 Å². The number of nitrogens with zero attached hydrogens (tertiary/aromatic N) is 2. The fourth-order valence-electron chi connectivity index (χ4n) is 2.59. The van der Waals surface area contributed by atoms with Crippen LogP contribution in [0.1, 0.15) is 39.3 Å². The Kier molecular flexibility index (Phi) is 3.32. The van der Waals surface area contributed by atoms with Gasteiger partial charge < -0.3 is 5.11 Å². The topological polar surface area (TPSA) is 38.0 Å². The van der Waals surface area contributed by atoms with E-state index in [4.69, 9.17) is 11.6 Å². The number of hydrogen-bond donors (Lipinski definition) is 1. The van der Waals surface area contributed by atoms with E-state index in [1.165, 1.54) is 0 Å². The number of hydrogen-bond acceptors (Lipinski definition) is 2. The molecular weight excluding hydrogens is 236 g/mol. The minimum atomic E-state index is -0.384. The normalized spacial score (nSPS) is 23.6. The minimum Gasteiger partial charge on any atom is -0.389 e. The van der Waals surface area contributed by atoms with E-state index in [0.717, 1.165) is 30.7 Å². The van der Waals surface area contributed by atoms with Crippen LogP contribution in [-0.2, 0) is 6.54 Å². The van der Waals surface area contributed by atoms with E-state index < -0.39 is 0 Å². The maximum Gasteiger partial charge on any atom is 0.0862 e. The van der Waals surface area contributed by atoms with Gasteiger partial charge >= 0.3 is 0 Å². The van der Waals surface area contributed by atoms with Gasteiger partial charge in [-0.25, -0.2) is 0 Å². The summed E-state index contributed by atoms with van der Waals surface area (Å²) in [6, 6.07) is 0. The Morgan fingerprint density at radius 2 is 2.29 bits per heavy atom. The molecule has 0 fully saturated rings. The van der Waals surface area contributed by atoms with Crippen LogP contribution in [0.5, 0.6) is 0 Å². The highest BCUT2D eigenvalue weighted by Gasteiger charge is 2.30. The molecule has 3 nitrogen and oxygen atoms in total. The van der Waals surface area contributed by atoms with Crippen molar-refractivity contribution in [3.8, 4) is 0 Å². The molecule has 1 unspecified atom stereocenters. The molecule has 1 aromatic heterocycles. The van der Waals surface area contributed by atoms with E-state index in [1.54, 1.807) is 6.20 Å². The maximum atomic E-state index is 9.92. The monoisotopic (exact) mass is 254 g/mol. The zero-order valence-corrected chi connectivity index (χ0v) is 11.3. The second-order valence-corrected chi connectivity index (χ2v) is 5.87. The van der Waals surface area contributed by atoms with E-state index in [1.807, 2.05) is 17.7 Å². The molecule has 1 heterocycles. The first-order chi connectivity index (χ1) is 7.93.